The molecule has 3 heteroatoms. The van der Waals surface area contributed by atoms with Crippen molar-refractivity contribution in [3.63, 3.8) is 0 Å². The van der Waals surface area contributed by atoms with Crippen LogP contribution in [0.4, 0.5) is 0 Å². The number of benzene rings is 4. The summed E-state index contributed by atoms with van der Waals surface area (Å²) in [5.41, 5.74) is 0. The molecule has 140 valence electrons. The van der Waals surface area contributed by atoms with Crippen LogP contribution in [0.15, 0.2) is 126 Å². The number of thioether (sulfide) groups is 1. The first kappa shape index (κ1) is 19.8. The number of halogens is 1. The van der Waals surface area contributed by atoms with Crippen molar-refractivity contribution in [3.05, 3.63) is 121 Å². The fourth-order valence-electron chi connectivity index (χ4n) is 3.60. The topological polar surface area (TPSA) is 0 Å². The zero-order valence-electron chi connectivity index (χ0n) is 15.5. The normalized spacial score (nSPS) is 12.8. The molecule has 0 unspecified atom stereocenters. The molecule has 28 heavy (non-hydrogen) atoms. The number of rotatable bonds is 6. The third-order valence-electron chi connectivity index (χ3n) is 5.10. The van der Waals surface area contributed by atoms with Crippen LogP contribution >= 0.6 is 31.9 Å². The monoisotopic (exact) mass is 556 g/mol. The second-order valence-electron chi connectivity index (χ2n) is 6.78. The summed E-state index contributed by atoms with van der Waals surface area (Å²) >= 11 is 4.87. The maximum absolute atomic E-state index is 3.41. The molecule has 4 rings (SSSR count). The third kappa shape index (κ3) is 3.58. The van der Waals surface area contributed by atoms with Crippen molar-refractivity contribution in [1.82, 2.24) is 0 Å². The van der Waals surface area contributed by atoms with E-state index in [2.05, 4.69) is 141 Å². The van der Waals surface area contributed by atoms with E-state index in [1.54, 1.807) is 0 Å². The molecule has 0 radical (unpaired) electrons. The predicted octanol–water partition coefficient (Wildman–Crippen LogP) is 5.37. The van der Waals surface area contributed by atoms with Crippen molar-refractivity contribution >= 4 is 54.0 Å². The van der Waals surface area contributed by atoms with Crippen LogP contribution in [-0.2, 0) is 0 Å². The third-order valence-corrected chi connectivity index (χ3v) is 31.9. The molecule has 0 aliphatic rings. The summed E-state index contributed by atoms with van der Waals surface area (Å²) in [7, 11) is -3.41. The van der Waals surface area contributed by atoms with Gasteiger partial charge in [-0.25, -0.2) is 0 Å². The Morgan fingerprint density at radius 2 is 0.821 bits per heavy atom. The van der Waals surface area contributed by atoms with E-state index < -0.39 is 9.10 Å². The van der Waals surface area contributed by atoms with Crippen LogP contribution < -0.4 is 13.1 Å². The molecule has 0 aromatic heterocycles. The Bertz CT molecular complexity index is 922. The van der Waals surface area contributed by atoms with Crippen LogP contribution in [0.5, 0.6) is 0 Å². The van der Waals surface area contributed by atoms with Gasteiger partial charge in [-0.05, 0) is 0 Å². The summed E-state index contributed by atoms with van der Waals surface area (Å²) in [5.74, 6) is 0. The van der Waals surface area contributed by atoms with Crippen molar-refractivity contribution in [2.45, 2.75) is 4.90 Å². The second kappa shape index (κ2) is 8.49. The van der Waals surface area contributed by atoms with Crippen LogP contribution in [-0.4, -0.2) is 13.6 Å². The molecule has 4 aromatic rings. The Balaban J connectivity index is 1.98. The SMILES string of the molecule is I[As](CSc1ccccc1)(c1ccccc1)(c1ccccc1)c1ccccc1. The van der Waals surface area contributed by atoms with Crippen LogP contribution in [0.25, 0.3) is 0 Å². The second-order valence-corrected chi connectivity index (χ2v) is 28.7. The van der Waals surface area contributed by atoms with Crippen molar-refractivity contribution in [1.29, 1.82) is 0 Å². The standard InChI is InChI=1S/C25H22AsIS/c27-26(22-13-5-1-6-14-22,23-15-7-2-8-16-23,24-17-9-3-10-18-24)21-28-25-19-11-4-12-20-25/h1-20H,21H2. The fraction of sp³-hybridized carbons (Fsp3) is 0.0400. The number of hydrogen-bond acceptors (Lipinski definition) is 1. The van der Waals surface area contributed by atoms with E-state index in [4.69, 9.17) is 0 Å². The molecule has 0 fully saturated rings. The Hall–Kier alpha value is -1.48. The molecule has 0 saturated heterocycles. The summed E-state index contributed by atoms with van der Waals surface area (Å²) in [6.07, 6.45) is 0. The van der Waals surface area contributed by atoms with Crippen LogP contribution in [0, 0.1) is 0 Å². The molecular weight excluding hydrogens is 534 g/mol. The van der Waals surface area contributed by atoms with Gasteiger partial charge in [0.1, 0.15) is 0 Å². The van der Waals surface area contributed by atoms with Crippen molar-refractivity contribution in [2.24, 2.45) is 0 Å². The predicted molar refractivity (Wildman–Crippen MR) is 135 cm³/mol. The molecule has 4 aromatic carbocycles. The minimum atomic E-state index is -3.41. The zero-order valence-corrected chi connectivity index (χ0v) is 20.3. The summed E-state index contributed by atoms with van der Waals surface area (Å²) in [5, 5.41) is 0. The molecule has 0 atom stereocenters. The molecule has 0 heterocycles. The van der Waals surface area contributed by atoms with E-state index in [1.807, 2.05) is 11.8 Å². The molecule has 0 aliphatic heterocycles. The molecule has 0 aliphatic carbocycles. The average Bonchev–Trinajstić information content (AvgIpc) is 2.80. The molecule has 0 saturated carbocycles. The van der Waals surface area contributed by atoms with Gasteiger partial charge in [-0.15, -0.1) is 0 Å². The zero-order chi connectivity index (χ0) is 19.3. The van der Waals surface area contributed by atoms with Gasteiger partial charge in [0.05, 0.1) is 0 Å². The van der Waals surface area contributed by atoms with Gasteiger partial charge < -0.3 is 0 Å². The fourth-order valence-corrected chi connectivity index (χ4v) is 24.1. The van der Waals surface area contributed by atoms with Crippen LogP contribution in [0.2, 0.25) is 0 Å². The van der Waals surface area contributed by atoms with Gasteiger partial charge in [-0.2, -0.15) is 0 Å². The summed E-state index contributed by atoms with van der Waals surface area (Å²) in [6, 6.07) is 44.3. The van der Waals surface area contributed by atoms with Gasteiger partial charge in [0, 0.05) is 0 Å². The average molecular weight is 556 g/mol. The van der Waals surface area contributed by atoms with Gasteiger partial charge in [-0.3, -0.25) is 0 Å². The van der Waals surface area contributed by atoms with E-state index in [0.717, 1.165) is 4.54 Å². The molecule has 0 amide bonds. The van der Waals surface area contributed by atoms with Gasteiger partial charge >= 0.3 is 185 Å². The maximum atomic E-state index is 2.89. The van der Waals surface area contributed by atoms with E-state index in [0.29, 0.717) is 0 Å². The van der Waals surface area contributed by atoms with Crippen LogP contribution in [0.1, 0.15) is 0 Å². The molecule has 0 nitrogen and oxygen atoms in total. The first-order chi connectivity index (χ1) is 13.7. The van der Waals surface area contributed by atoms with Gasteiger partial charge in [0.2, 0.25) is 0 Å². The Morgan fingerprint density at radius 1 is 0.500 bits per heavy atom. The molecular formula is C25H22AsIS. The summed E-state index contributed by atoms with van der Waals surface area (Å²) < 4.78 is 5.49. The Kier molecular flexibility index (Phi) is 6.01. The first-order valence-corrected chi connectivity index (χ1v) is 20.1. The molecule has 0 bridgehead atoms. The Morgan fingerprint density at radius 3 is 1.18 bits per heavy atom. The van der Waals surface area contributed by atoms with Crippen molar-refractivity contribution in [3.8, 4) is 0 Å². The van der Waals surface area contributed by atoms with Gasteiger partial charge in [-0.1, -0.05) is 0 Å². The minimum absolute atomic E-state index is 1.07. The van der Waals surface area contributed by atoms with Crippen molar-refractivity contribution < 1.29 is 0 Å². The first-order valence-electron chi connectivity index (χ1n) is 9.29. The van der Waals surface area contributed by atoms with Gasteiger partial charge in [0.25, 0.3) is 0 Å². The van der Waals surface area contributed by atoms with E-state index >= 15 is 0 Å². The molecule has 0 N–H and O–H groups in total. The van der Waals surface area contributed by atoms with E-state index in [9.17, 15) is 0 Å². The van der Waals surface area contributed by atoms with E-state index in [-0.39, 0.29) is 0 Å². The Labute approximate surface area is 183 Å². The molecule has 0 spiro atoms. The van der Waals surface area contributed by atoms with E-state index in [1.165, 1.54) is 17.9 Å². The van der Waals surface area contributed by atoms with Crippen molar-refractivity contribution in [2.75, 3.05) is 4.54 Å². The summed E-state index contributed by atoms with van der Waals surface area (Å²) in [6.45, 7) is 0. The number of hydrogen-bond donors (Lipinski definition) is 0. The summed E-state index contributed by atoms with van der Waals surface area (Å²) in [4.78, 5) is 1.33. The quantitative estimate of drug-likeness (QED) is 0.175. The van der Waals surface area contributed by atoms with Gasteiger partial charge in [0.15, 0.2) is 0 Å². The van der Waals surface area contributed by atoms with Crippen LogP contribution in [0.3, 0.4) is 0 Å².